The molecule has 3 fully saturated rings. The second kappa shape index (κ2) is 6.60. The maximum atomic E-state index is 12.1. The normalized spacial score (nSPS) is 33.5. The molecule has 0 aromatic rings. The van der Waals surface area contributed by atoms with Crippen molar-refractivity contribution in [2.75, 3.05) is 33.3 Å². The first-order valence-electron chi connectivity index (χ1n) is 9.57. The molecule has 0 aromatic heterocycles. The maximum Gasteiger partial charge on any atom is 0.409 e. The zero-order valence-corrected chi connectivity index (χ0v) is 15.1. The number of ketones is 1. The number of hydrogen-bond donors (Lipinski definition) is 0. The van der Waals surface area contributed by atoms with Gasteiger partial charge in [-0.1, -0.05) is 18.2 Å². The van der Waals surface area contributed by atoms with E-state index < -0.39 is 0 Å². The Bertz CT molecular complexity index is 610. The summed E-state index contributed by atoms with van der Waals surface area (Å²) in [6.45, 7) is 3.90. The van der Waals surface area contributed by atoms with Gasteiger partial charge in [-0.3, -0.25) is 4.79 Å². The molecule has 0 bridgehead atoms. The Balaban J connectivity index is 1.27. The fourth-order valence-corrected chi connectivity index (χ4v) is 5.25. The van der Waals surface area contributed by atoms with E-state index in [1.807, 2.05) is 23.1 Å². The number of amides is 1. The van der Waals surface area contributed by atoms with Crippen LogP contribution in [0.25, 0.3) is 0 Å². The number of nitrogens with zero attached hydrogens (tertiary/aromatic N) is 2. The van der Waals surface area contributed by atoms with Crippen molar-refractivity contribution < 1.29 is 14.3 Å². The minimum atomic E-state index is -0.180. The Morgan fingerprint density at radius 3 is 2.68 bits per heavy atom. The average molecular weight is 344 g/mol. The van der Waals surface area contributed by atoms with Crippen molar-refractivity contribution in [1.29, 1.82) is 0 Å². The molecule has 5 heteroatoms. The third-order valence-corrected chi connectivity index (χ3v) is 6.73. The highest BCUT2D eigenvalue weighted by Crippen LogP contribution is 2.50. The van der Waals surface area contributed by atoms with Gasteiger partial charge in [-0.05, 0) is 62.1 Å². The Morgan fingerprint density at radius 2 is 2.00 bits per heavy atom. The van der Waals surface area contributed by atoms with E-state index in [9.17, 15) is 9.59 Å². The van der Waals surface area contributed by atoms with Crippen molar-refractivity contribution in [1.82, 2.24) is 9.80 Å². The van der Waals surface area contributed by atoms with E-state index in [2.05, 4.69) is 4.90 Å². The lowest BCUT2D eigenvalue weighted by Crippen LogP contribution is -2.54. The summed E-state index contributed by atoms with van der Waals surface area (Å²) in [5.74, 6) is 0.765. The predicted molar refractivity (Wildman–Crippen MR) is 95.2 cm³/mol. The molecule has 2 aliphatic carbocycles. The van der Waals surface area contributed by atoms with Gasteiger partial charge in [0, 0.05) is 25.6 Å². The third kappa shape index (κ3) is 3.14. The van der Waals surface area contributed by atoms with Gasteiger partial charge in [-0.15, -0.1) is 0 Å². The Morgan fingerprint density at radius 1 is 1.24 bits per heavy atom. The van der Waals surface area contributed by atoms with Gasteiger partial charge >= 0.3 is 6.09 Å². The number of hydrogen-bond acceptors (Lipinski definition) is 4. The van der Waals surface area contributed by atoms with Crippen molar-refractivity contribution in [3.63, 3.8) is 0 Å². The van der Waals surface area contributed by atoms with E-state index in [-0.39, 0.29) is 6.09 Å². The molecule has 2 aliphatic heterocycles. The number of ether oxygens (including phenoxy) is 1. The van der Waals surface area contributed by atoms with Gasteiger partial charge in [0.15, 0.2) is 5.78 Å². The molecule has 0 N–H and O–H groups in total. The van der Waals surface area contributed by atoms with Gasteiger partial charge in [0.05, 0.1) is 7.11 Å². The lowest BCUT2D eigenvalue weighted by molar-refractivity contribution is -0.115. The summed E-state index contributed by atoms with van der Waals surface area (Å²) in [5, 5.41) is 0. The van der Waals surface area contributed by atoms with Crippen LogP contribution in [0.4, 0.5) is 4.79 Å². The molecule has 5 nitrogen and oxygen atoms in total. The lowest BCUT2D eigenvalue weighted by atomic mass is 9.64. The van der Waals surface area contributed by atoms with E-state index >= 15 is 0 Å². The monoisotopic (exact) mass is 344 g/mol. The van der Waals surface area contributed by atoms with Gasteiger partial charge < -0.3 is 14.5 Å². The summed E-state index contributed by atoms with van der Waals surface area (Å²) in [4.78, 5) is 28.3. The number of carbonyl (C=O) groups is 2. The average Bonchev–Trinajstić information content (AvgIpc) is 3.06. The fourth-order valence-electron chi connectivity index (χ4n) is 5.25. The smallest absolute Gasteiger partial charge is 0.409 e. The van der Waals surface area contributed by atoms with Crippen LogP contribution in [0.2, 0.25) is 0 Å². The molecule has 4 rings (SSSR count). The highest BCUT2D eigenvalue weighted by molar-refractivity contribution is 5.98. The van der Waals surface area contributed by atoms with Gasteiger partial charge in [0.25, 0.3) is 0 Å². The van der Waals surface area contributed by atoms with E-state index in [0.717, 1.165) is 51.0 Å². The Hall–Kier alpha value is -1.62. The zero-order valence-electron chi connectivity index (χ0n) is 15.1. The largest absolute Gasteiger partial charge is 0.453 e. The second-order valence-electron chi connectivity index (χ2n) is 8.19. The van der Waals surface area contributed by atoms with Crippen LogP contribution in [0.3, 0.4) is 0 Å². The molecule has 0 radical (unpaired) electrons. The maximum absolute atomic E-state index is 12.1. The van der Waals surface area contributed by atoms with Crippen molar-refractivity contribution in [3.05, 3.63) is 23.8 Å². The molecular formula is C20H28N2O3. The minimum Gasteiger partial charge on any atom is -0.453 e. The molecule has 1 spiro atoms. The molecule has 25 heavy (non-hydrogen) atoms. The van der Waals surface area contributed by atoms with Crippen LogP contribution in [0.1, 0.15) is 38.5 Å². The molecule has 2 saturated heterocycles. The zero-order chi connectivity index (χ0) is 17.4. The lowest BCUT2D eigenvalue weighted by Gasteiger charge is -2.51. The van der Waals surface area contributed by atoms with E-state index in [1.54, 1.807) is 0 Å². The SMILES string of the molecule is COC(=O)N1CCC2(CC(N3CCC(C4=CC=CCC4=O)CC3)C2)C1. The third-order valence-electron chi connectivity index (χ3n) is 6.73. The first kappa shape index (κ1) is 16.8. The highest BCUT2D eigenvalue weighted by atomic mass is 16.5. The van der Waals surface area contributed by atoms with Crippen LogP contribution in [0.15, 0.2) is 23.8 Å². The van der Waals surface area contributed by atoms with Gasteiger partial charge in [0.2, 0.25) is 0 Å². The van der Waals surface area contributed by atoms with Crippen molar-refractivity contribution in [2.24, 2.45) is 11.3 Å². The Kier molecular flexibility index (Phi) is 4.44. The van der Waals surface area contributed by atoms with Crippen LogP contribution in [-0.2, 0) is 9.53 Å². The number of likely N-dealkylation sites (tertiary alicyclic amines) is 2. The molecule has 0 atom stereocenters. The van der Waals surface area contributed by atoms with Crippen LogP contribution in [0.5, 0.6) is 0 Å². The molecule has 1 amide bonds. The Labute approximate surface area is 149 Å². The van der Waals surface area contributed by atoms with Crippen LogP contribution in [-0.4, -0.2) is 61.0 Å². The summed E-state index contributed by atoms with van der Waals surface area (Å²) in [6.07, 6.45) is 12.1. The first-order chi connectivity index (χ1) is 12.1. The van der Waals surface area contributed by atoms with Crippen molar-refractivity contribution >= 4 is 11.9 Å². The van der Waals surface area contributed by atoms with Gasteiger partial charge in [-0.2, -0.15) is 0 Å². The topological polar surface area (TPSA) is 49.9 Å². The van der Waals surface area contributed by atoms with Crippen LogP contribution in [0, 0.1) is 11.3 Å². The summed E-state index contributed by atoms with van der Waals surface area (Å²) >= 11 is 0. The predicted octanol–water partition coefficient (Wildman–Crippen LogP) is 2.77. The van der Waals surface area contributed by atoms with Crippen molar-refractivity contribution in [2.45, 2.75) is 44.6 Å². The highest BCUT2D eigenvalue weighted by Gasteiger charge is 2.51. The number of piperidine rings is 1. The number of rotatable bonds is 2. The molecule has 136 valence electrons. The second-order valence-corrected chi connectivity index (χ2v) is 8.19. The molecule has 2 heterocycles. The quantitative estimate of drug-likeness (QED) is 0.773. The summed E-state index contributed by atoms with van der Waals surface area (Å²) in [5.41, 5.74) is 1.39. The molecule has 1 saturated carbocycles. The van der Waals surface area contributed by atoms with Crippen LogP contribution < -0.4 is 0 Å². The summed E-state index contributed by atoms with van der Waals surface area (Å²) < 4.78 is 4.86. The molecule has 0 unspecified atom stereocenters. The van der Waals surface area contributed by atoms with Crippen molar-refractivity contribution in [3.8, 4) is 0 Å². The van der Waals surface area contributed by atoms with E-state index in [1.165, 1.54) is 20.0 Å². The molecule has 4 aliphatic rings. The van der Waals surface area contributed by atoms with E-state index in [4.69, 9.17) is 4.74 Å². The number of Topliss-reactive ketones (excluding diaryl/α,β-unsaturated/α-hetero) is 1. The summed E-state index contributed by atoms with van der Waals surface area (Å²) in [6, 6.07) is 0.662. The standard InChI is InChI=1S/C20H28N2O3/c1-25-19(24)22-11-8-20(14-22)12-16(13-20)21-9-6-15(7-10-21)17-4-2-3-5-18(17)23/h2-4,15-16H,5-14H2,1H3. The van der Waals surface area contributed by atoms with Crippen LogP contribution >= 0.6 is 0 Å². The molecular weight excluding hydrogens is 316 g/mol. The number of allylic oxidation sites excluding steroid dienone is 4. The minimum absolute atomic E-state index is 0.180. The van der Waals surface area contributed by atoms with Gasteiger partial charge in [-0.25, -0.2) is 4.79 Å². The number of carbonyl (C=O) groups excluding carboxylic acids is 2. The van der Waals surface area contributed by atoms with Gasteiger partial charge in [0.1, 0.15) is 0 Å². The molecule has 0 aromatic carbocycles. The fraction of sp³-hybridized carbons (Fsp3) is 0.700. The number of methoxy groups -OCH3 is 1. The summed E-state index contributed by atoms with van der Waals surface area (Å²) in [7, 11) is 1.46. The van der Waals surface area contributed by atoms with E-state index in [0.29, 0.717) is 29.6 Å². The first-order valence-corrected chi connectivity index (χ1v) is 9.57.